The van der Waals surface area contributed by atoms with Crippen LogP contribution in [0.3, 0.4) is 0 Å². The molecule has 0 radical (unpaired) electrons. The third kappa shape index (κ3) is 2.88. The molecule has 0 aliphatic carbocycles. The van der Waals surface area contributed by atoms with Gasteiger partial charge in [0.15, 0.2) is 0 Å². The van der Waals surface area contributed by atoms with Crippen molar-refractivity contribution in [3.63, 3.8) is 0 Å². The smallest absolute Gasteiger partial charge is 0.270 e. The Bertz CT molecular complexity index is 678. The van der Waals surface area contributed by atoms with Gasteiger partial charge in [-0.25, -0.2) is 0 Å². The predicted octanol–water partition coefficient (Wildman–Crippen LogP) is 1.30. The lowest BCUT2D eigenvalue weighted by Gasteiger charge is -2.33. The van der Waals surface area contributed by atoms with Gasteiger partial charge in [-0.15, -0.1) is 0 Å². The van der Waals surface area contributed by atoms with Gasteiger partial charge in [0.05, 0.1) is 12.5 Å². The van der Waals surface area contributed by atoms with E-state index in [0.29, 0.717) is 25.2 Å². The third-order valence-corrected chi connectivity index (χ3v) is 4.07. The van der Waals surface area contributed by atoms with Gasteiger partial charge in [-0.1, -0.05) is 30.3 Å². The molecule has 5 heteroatoms. The van der Waals surface area contributed by atoms with Gasteiger partial charge in [0.25, 0.3) is 5.91 Å². The third-order valence-electron chi connectivity index (χ3n) is 4.07. The summed E-state index contributed by atoms with van der Waals surface area (Å²) in [5.74, 6) is -0.0242. The zero-order valence-electron chi connectivity index (χ0n) is 12.5. The lowest BCUT2D eigenvalue weighted by atomic mass is 10.1. The summed E-state index contributed by atoms with van der Waals surface area (Å²) >= 11 is 0. The molecule has 0 fully saturated rings. The number of carbonyl (C=O) groups is 2. The van der Waals surface area contributed by atoms with Crippen LogP contribution < -0.4 is 5.32 Å². The van der Waals surface area contributed by atoms with Crippen molar-refractivity contribution in [2.45, 2.75) is 19.0 Å². The SMILES string of the molecule is CN1C(=O)c2cccn2CC1CNC(=O)Cc1ccccc1. The van der Waals surface area contributed by atoms with Crippen molar-refractivity contribution in [1.82, 2.24) is 14.8 Å². The second kappa shape index (κ2) is 6.05. The Kier molecular flexibility index (Phi) is 3.96. The van der Waals surface area contributed by atoms with Gasteiger partial charge in [0.1, 0.15) is 5.69 Å². The Morgan fingerprint density at radius 1 is 1.23 bits per heavy atom. The van der Waals surface area contributed by atoms with E-state index in [0.717, 1.165) is 5.56 Å². The van der Waals surface area contributed by atoms with Crippen molar-refractivity contribution < 1.29 is 9.59 Å². The zero-order chi connectivity index (χ0) is 15.5. The molecule has 0 spiro atoms. The normalized spacial score (nSPS) is 17.2. The molecule has 1 N–H and O–H groups in total. The summed E-state index contributed by atoms with van der Waals surface area (Å²) < 4.78 is 1.94. The fourth-order valence-electron chi connectivity index (χ4n) is 2.74. The summed E-state index contributed by atoms with van der Waals surface area (Å²) in [5, 5.41) is 2.93. The van der Waals surface area contributed by atoms with Gasteiger partial charge in [-0.05, 0) is 17.7 Å². The number of benzene rings is 1. The maximum atomic E-state index is 12.2. The molecule has 114 valence electrons. The van der Waals surface area contributed by atoms with Crippen molar-refractivity contribution in [3.05, 3.63) is 59.9 Å². The minimum atomic E-state index is -0.0228. The highest BCUT2D eigenvalue weighted by Gasteiger charge is 2.29. The molecule has 1 unspecified atom stereocenters. The topological polar surface area (TPSA) is 54.3 Å². The van der Waals surface area contributed by atoms with Gasteiger partial charge in [0, 0.05) is 26.3 Å². The first-order valence-corrected chi connectivity index (χ1v) is 7.38. The second-order valence-electron chi connectivity index (χ2n) is 5.58. The van der Waals surface area contributed by atoms with Gasteiger partial charge in [-0.3, -0.25) is 9.59 Å². The molecule has 3 rings (SSSR count). The fraction of sp³-hybridized carbons (Fsp3) is 0.294. The molecule has 2 aromatic rings. The zero-order valence-corrected chi connectivity index (χ0v) is 12.5. The van der Waals surface area contributed by atoms with Crippen LogP contribution in [0.4, 0.5) is 0 Å². The van der Waals surface area contributed by atoms with E-state index in [1.807, 2.05) is 53.2 Å². The van der Waals surface area contributed by atoms with Crippen LogP contribution in [0.25, 0.3) is 0 Å². The van der Waals surface area contributed by atoms with E-state index in [4.69, 9.17) is 0 Å². The van der Waals surface area contributed by atoms with E-state index in [-0.39, 0.29) is 17.9 Å². The number of nitrogens with zero attached hydrogens (tertiary/aromatic N) is 2. The largest absolute Gasteiger partial charge is 0.354 e. The number of nitrogens with one attached hydrogen (secondary N) is 1. The van der Waals surface area contributed by atoms with Crippen LogP contribution in [0.2, 0.25) is 0 Å². The van der Waals surface area contributed by atoms with E-state index in [9.17, 15) is 9.59 Å². The van der Waals surface area contributed by atoms with E-state index in [1.54, 1.807) is 11.9 Å². The van der Waals surface area contributed by atoms with Crippen LogP contribution in [0.5, 0.6) is 0 Å². The maximum Gasteiger partial charge on any atom is 0.270 e. The number of aromatic nitrogens is 1. The standard InChI is InChI=1S/C17H19N3O2/c1-19-14(12-20-9-5-8-15(20)17(19)22)11-18-16(21)10-13-6-3-2-4-7-13/h2-9,14H,10-12H2,1H3,(H,18,21). The Labute approximate surface area is 129 Å². The molecule has 2 heterocycles. The Hall–Kier alpha value is -2.56. The van der Waals surface area contributed by atoms with Crippen molar-refractivity contribution in [2.24, 2.45) is 0 Å². The monoisotopic (exact) mass is 297 g/mol. The van der Waals surface area contributed by atoms with Crippen LogP contribution in [0, 0.1) is 0 Å². The van der Waals surface area contributed by atoms with Crippen molar-refractivity contribution in [3.8, 4) is 0 Å². The summed E-state index contributed by atoms with van der Waals surface area (Å²) in [6.45, 7) is 1.17. The molecule has 1 aromatic heterocycles. The number of hydrogen-bond acceptors (Lipinski definition) is 2. The number of fused-ring (bicyclic) bond motifs is 1. The average Bonchev–Trinajstić information content (AvgIpc) is 2.99. The van der Waals surface area contributed by atoms with Gasteiger partial charge < -0.3 is 14.8 Å². The number of likely N-dealkylation sites (N-methyl/N-ethyl adjacent to an activating group) is 1. The van der Waals surface area contributed by atoms with Gasteiger partial charge in [-0.2, -0.15) is 0 Å². The first kappa shape index (κ1) is 14.4. The molecular weight excluding hydrogens is 278 g/mol. The molecular formula is C17H19N3O2. The second-order valence-corrected chi connectivity index (χ2v) is 5.58. The molecule has 0 bridgehead atoms. The van der Waals surface area contributed by atoms with E-state index < -0.39 is 0 Å². The summed E-state index contributed by atoms with van der Waals surface area (Å²) in [6, 6.07) is 13.3. The number of carbonyl (C=O) groups excluding carboxylic acids is 2. The molecule has 0 saturated carbocycles. The Balaban J connectivity index is 1.58. The van der Waals surface area contributed by atoms with Crippen LogP contribution in [0.1, 0.15) is 16.1 Å². The highest BCUT2D eigenvalue weighted by atomic mass is 16.2. The first-order chi connectivity index (χ1) is 10.6. The van der Waals surface area contributed by atoms with E-state index >= 15 is 0 Å². The molecule has 1 atom stereocenters. The number of hydrogen-bond donors (Lipinski definition) is 1. The quantitative estimate of drug-likeness (QED) is 0.925. The highest BCUT2D eigenvalue weighted by Crippen LogP contribution is 2.16. The summed E-state index contributed by atoms with van der Waals surface area (Å²) in [5.41, 5.74) is 1.69. The van der Waals surface area contributed by atoms with Crippen molar-refractivity contribution >= 4 is 11.8 Å². The minimum absolute atomic E-state index is 0.00133. The Morgan fingerprint density at radius 3 is 2.77 bits per heavy atom. The number of rotatable bonds is 4. The molecule has 1 aromatic carbocycles. The van der Waals surface area contributed by atoms with Crippen molar-refractivity contribution in [2.75, 3.05) is 13.6 Å². The number of amides is 2. The average molecular weight is 297 g/mol. The molecule has 2 amide bonds. The molecule has 1 aliphatic rings. The summed E-state index contributed by atoms with van der Waals surface area (Å²) in [7, 11) is 1.78. The fourth-order valence-corrected chi connectivity index (χ4v) is 2.74. The van der Waals surface area contributed by atoms with Gasteiger partial charge in [0.2, 0.25) is 5.91 Å². The lowest BCUT2D eigenvalue weighted by Crippen LogP contribution is -2.51. The molecule has 5 nitrogen and oxygen atoms in total. The van der Waals surface area contributed by atoms with Crippen molar-refractivity contribution in [1.29, 1.82) is 0 Å². The van der Waals surface area contributed by atoms with Crippen LogP contribution in [-0.2, 0) is 17.8 Å². The van der Waals surface area contributed by atoms with E-state index in [2.05, 4.69) is 5.32 Å². The summed E-state index contributed by atoms with van der Waals surface area (Å²) in [4.78, 5) is 25.9. The molecule has 1 aliphatic heterocycles. The maximum absolute atomic E-state index is 12.2. The lowest BCUT2D eigenvalue weighted by molar-refractivity contribution is -0.120. The van der Waals surface area contributed by atoms with Gasteiger partial charge >= 0.3 is 0 Å². The minimum Gasteiger partial charge on any atom is -0.354 e. The Morgan fingerprint density at radius 2 is 2.00 bits per heavy atom. The predicted molar refractivity (Wildman–Crippen MR) is 83.5 cm³/mol. The molecule has 0 saturated heterocycles. The summed E-state index contributed by atoms with van der Waals surface area (Å²) in [6.07, 6.45) is 2.26. The molecule has 22 heavy (non-hydrogen) atoms. The van der Waals surface area contributed by atoms with Crippen LogP contribution in [0.15, 0.2) is 48.7 Å². The highest BCUT2D eigenvalue weighted by molar-refractivity contribution is 5.93. The van der Waals surface area contributed by atoms with Crippen LogP contribution >= 0.6 is 0 Å². The van der Waals surface area contributed by atoms with E-state index in [1.165, 1.54) is 0 Å². The first-order valence-electron chi connectivity index (χ1n) is 7.38. The van der Waals surface area contributed by atoms with Crippen LogP contribution in [-0.4, -0.2) is 40.9 Å².